The number of thioether (sulfide) groups is 1. The van der Waals surface area contributed by atoms with E-state index in [1.165, 1.54) is 31.4 Å². The number of rotatable bonds is 8. The highest BCUT2D eigenvalue weighted by atomic mass is 32.2. The monoisotopic (exact) mass is 203 g/mol. The highest BCUT2D eigenvalue weighted by Crippen LogP contribution is 2.20. The Morgan fingerprint density at radius 1 is 1.31 bits per heavy atom. The first-order chi connectivity index (χ1) is 6.24. The maximum absolute atomic E-state index is 5.58. The van der Waals surface area contributed by atoms with Crippen molar-refractivity contribution >= 4 is 11.8 Å². The van der Waals surface area contributed by atoms with Gasteiger partial charge in [-0.3, -0.25) is 0 Å². The predicted molar refractivity (Wildman–Crippen MR) is 64.3 cm³/mol. The smallest absolute Gasteiger partial charge is 0.0142 e. The molecule has 2 N–H and O–H groups in total. The summed E-state index contributed by atoms with van der Waals surface area (Å²) in [7, 11) is 0. The third kappa shape index (κ3) is 7.39. The van der Waals surface area contributed by atoms with Gasteiger partial charge in [-0.1, -0.05) is 40.0 Å². The molecule has 13 heavy (non-hydrogen) atoms. The molecule has 2 unspecified atom stereocenters. The van der Waals surface area contributed by atoms with Crippen LogP contribution in [-0.4, -0.2) is 17.5 Å². The molecule has 0 fully saturated rings. The van der Waals surface area contributed by atoms with Crippen LogP contribution in [0.1, 0.15) is 46.5 Å². The molecule has 0 amide bonds. The molecular weight excluding hydrogens is 178 g/mol. The maximum atomic E-state index is 5.58. The van der Waals surface area contributed by atoms with Crippen LogP contribution in [0.15, 0.2) is 0 Å². The van der Waals surface area contributed by atoms with Crippen LogP contribution in [0, 0.1) is 5.92 Å². The summed E-state index contributed by atoms with van der Waals surface area (Å²) < 4.78 is 0. The quantitative estimate of drug-likeness (QED) is 0.655. The second-order valence-electron chi connectivity index (χ2n) is 3.80. The van der Waals surface area contributed by atoms with Crippen LogP contribution in [0.3, 0.4) is 0 Å². The van der Waals surface area contributed by atoms with Gasteiger partial charge >= 0.3 is 0 Å². The van der Waals surface area contributed by atoms with Crippen molar-refractivity contribution in [1.29, 1.82) is 0 Å². The summed E-state index contributed by atoms with van der Waals surface area (Å²) >= 11 is 2.03. The summed E-state index contributed by atoms with van der Waals surface area (Å²) in [4.78, 5) is 0. The highest BCUT2D eigenvalue weighted by Gasteiger charge is 2.07. The molecule has 0 aliphatic heterocycles. The van der Waals surface area contributed by atoms with Crippen molar-refractivity contribution in [3.05, 3.63) is 0 Å². The summed E-state index contributed by atoms with van der Waals surface area (Å²) in [6, 6.07) is 0. The molecule has 0 aromatic heterocycles. The molecule has 0 bridgehead atoms. The van der Waals surface area contributed by atoms with Gasteiger partial charge in [0.15, 0.2) is 0 Å². The minimum Gasteiger partial charge on any atom is -0.329 e. The Morgan fingerprint density at radius 2 is 2.00 bits per heavy atom. The van der Waals surface area contributed by atoms with Crippen molar-refractivity contribution in [2.75, 3.05) is 12.3 Å². The Morgan fingerprint density at radius 3 is 2.46 bits per heavy atom. The first kappa shape index (κ1) is 13.3. The van der Waals surface area contributed by atoms with Gasteiger partial charge in [0.1, 0.15) is 0 Å². The molecular formula is C11H25NS. The number of hydrogen-bond donors (Lipinski definition) is 1. The number of unbranched alkanes of at least 4 members (excludes halogenated alkanes) is 1. The van der Waals surface area contributed by atoms with Gasteiger partial charge in [-0.15, -0.1) is 0 Å². The van der Waals surface area contributed by atoms with E-state index in [4.69, 9.17) is 5.73 Å². The van der Waals surface area contributed by atoms with Crippen molar-refractivity contribution in [1.82, 2.24) is 0 Å². The molecule has 0 saturated carbocycles. The molecule has 2 atom stereocenters. The normalized spacial score (nSPS) is 15.7. The van der Waals surface area contributed by atoms with Crippen molar-refractivity contribution in [3.8, 4) is 0 Å². The van der Waals surface area contributed by atoms with Crippen LogP contribution in [0.25, 0.3) is 0 Å². The van der Waals surface area contributed by atoms with Crippen LogP contribution in [0.4, 0.5) is 0 Å². The molecule has 0 aromatic rings. The Kier molecular flexibility index (Phi) is 9.10. The molecule has 0 saturated heterocycles. The fraction of sp³-hybridized carbons (Fsp3) is 1.00. The third-order valence-corrected chi connectivity index (χ3v) is 3.92. The number of nitrogens with two attached hydrogens (primary N) is 1. The lowest BCUT2D eigenvalue weighted by molar-refractivity contribution is 0.499. The molecule has 0 heterocycles. The van der Waals surface area contributed by atoms with Crippen molar-refractivity contribution in [3.63, 3.8) is 0 Å². The zero-order valence-corrected chi connectivity index (χ0v) is 10.2. The molecule has 1 nitrogen and oxygen atoms in total. The fourth-order valence-electron chi connectivity index (χ4n) is 1.27. The predicted octanol–water partition coefficient (Wildman–Crippen LogP) is 3.28. The topological polar surface area (TPSA) is 26.0 Å². The third-order valence-electron chi connectivity index (χ3n) is 2.49. The highest BCUT2D eigenvalue weighted by molar-refractivity contribution is 7.99. The van der Waals surface area contributed by atoms with Gasteiger partial charge in [-0.05, 0) is 18.1 Å². The lowest BCUT2D eigenvalue weighted by Crippen LogP contribution is -2.15. The number of hydrogen-bond acceptors (Lipinski definition) is 2. The Hall–Kier alpha value is 0.310. The Balaban J connectivity index is 3.46. The van der Waals surface area contributed by atoms with Gasteiger partial charge in [0, 0.05) is 11.8 Å². The van der Waals surface area contributed by atoms with Crippen LogP contribution < -0.4 is 5.73 Å². The van der Waals surface area contributed by atoms with Crippen LogP contribution in [-0.2, 0) is 0 Å². The second kappa shape index (κ2) is 8.89. The summed E-state index contributed by atoms with van der Waals surface area (Å²) in [5, 5.41) is 0.635. The SMILES string of the molecule is CCCCC(CC)CSC(C)CN. The van der Waals surface area contributed by atoms with Crippen molar-refractivity contribution in [2.24, 2.45) is 11.7 Å². The average molecular weight is 203 g/mol. The van der Waals surface area contributed by atoms with Crippen molar-refractivity contribution in [2.45, 2.75) is 51.7 Å². The fourth-order valence-corrected chi connectivity index (χ4v) is 2.41. The molecule has 80 valence electrons. The van der Waals surface area contributed by atoms with E-state index in [1.54, 1.807) is 0 Å². The van der Waals surface area contributed by atoms with Crippen molar-refractivity contribution < 1.29 is 0 Å². The summed E-state index contributed by atoms with van der Waals surface area (Å²) in [5.74, 6) is 2.22. The van der Waals surface area contributed by atoms with E-state index in [0.717, 1.165) is 12.5 Å². The summed E-state index contributed by atoms with van der Waals surface area (Å²) in [6.07, 6.45) is 5.44. The largest absolute Gasteiger partial charge is 0.329 e. The van der Waals surface area contributed by atoms with E-state index in [1.807, 2.05) is 11.8 Å². The van der Waals surface area contributed by atoms with E-state index in [0.29, 0.717) is 5.25 Å². The van der Waals surface area contributed by atoms with Gasteiger partial charge in [0.2, 0.25) is 0 Å². The summed E-state index contributed by atoms with van der Waals surface area (Å²) in [5.41, 5.74) is 5.58. The molecule has 0 rings (SSSR count). The molecule has 2 heteroatoms. The van der Waals surface area contributed by atoms with Crippen LogP contribution in [0.5, 0.6) is 0 Å². The maximum Gasteiger partial charge on any atom is 0.0142 e. The Bertz CT molecular complexity index is 106. The second-order valence-corrected chi connectivity index (χ2v) is 5.27. The zero-order valence-electron chi connectivity index (χ0n) is 9.38. The van der Waals surface area contributed by atoms with Gasteiger partial charge in [-0.2, -0.15) is 11.8 Å². The molecule has 0 radical (unpaired) electrons. The van der Waals surface area contributed by atoms with E-state index in [2.05, 4.69) is 20.8 Å². The van der Waals surface area contributed by atoms with Crippen LogP contribution in [0.2, 0.25) is 0 Å². The van der Waals surface area contributed by atoms with Gasteiger partial charge in [-0.25, -0.2) is 0 Å². The van der Waals surface area contributed by atoms with Gasteiger partial charge in [0.05, 0.1) is 0 Å². The Labute approximate surface area is 87.9 Å². The van der Waals surface area contributed by atoms with Gasteiger partial charge in [0.25, 0.3) is 0 Å². The zero-order chi connectivity index (χ0) is 10.1. The molecule has 0 spiro atoms. The molecule has 0 aliphatic rings. The first-order valence-electron chi connectivity index (χ1n) is 5.56. The minimum atomic E-state index is 0.635. The molecule has 0 aliphatic carbocycles. The van der Waals surface area contributed by atoms with E-state index in [-0.39, 0.29) is 0 Å². The summed E-state index contributed by atoms with van der Waals surface area (Å²) in [6.45, 7) is 7.60. The van der Waals surface area contributed by atoms with Gasteiger partial charge < -0.3 is 5.73 Å². The minimum absolute atomic E-state index is 0.635. The van der Waals surface area contributed by atoms with E-state index in [9.17, 15) is 0 Å². The van der Waals surface area contributed by atoms with E-state index >= 15 is 0 Å². The standard InChI is InChI=1S/C11H25NS/c1-4-6-7-11(5-2)9-13-10(3)8-12/h10-11H,4-9,12H2,1-3H3. The average Bonchev–Trinajstić information content (AvgIpc) is 2.17. The lowest BCUT2D eigenvalue weighted by atomic mass is 10.0. The van der Waals surface area contributed by atoms with Crippen LogP contribution >= 0.6 is 11.8 Å². The first-order valence-corrected chi connectivity index (χ1v) is 6.61. The lowest BCUT2D eigenvalue weighted by Gasteiger charge is -2.16. The molecule has 0 aromatic carbocycles. The van der Waals surface area contributed by atoms with E-state index < -0.39 is 0 Å².